The van der Waals surface area contributed by atoms with Gasteiger partial charge in [-0.25, -0.2) is 4.98 Å². The zero-order chi connectivity index (χ0) is 26.0. The van der Waals surface area contributed by atoms with E-state index < -0.39 is 0 Å². The summed E-state index contributed by atoms with van der Waals surface area (Å²) in [6.07, 6.45) is 3.56. The van der Waals surface area contributed by atoms with Crippen molar-refractivity contribution in [2.75, 3.05) is 36.5 Å². The van der Waals surface area contributed by atoms with Crippen molar-refractivity contribution in [1.82, 2.24) is 15.6 Å². The molecule has 2 aliphatic rings. The average Bonchev–Trinajstić information content (AvgIpc) is 3.67. The smallest absolute Gasteiger partial charge is 0.251 e. The first-order valence-corrected chi connectivity index (χ1v) is 12.4. The Morgan fingerprint density at radius 1 is 1.17 bits per heavy atom. The van der Waals surface area contributed by atoms with Crippen LogP contribution in [0.3, 0.4) is 0 Å². The molecule has 1 aromatic carbocycles. The molecule has 1 aromatic heterocycles. The highest BCUT2D eigenvalue weighted by atomic mass is 16.5. The molecule has 1 unspecified atom stereocenters. The topological polar surface area (TPSA) is 104 Å². The number of nitrogens with one attached hydrogen (secondary N) is 2. The van der Waals surface area contributed by atoms with Crippen LogP contribution in [-0.4, -0.2) is 55.5 Å². The van der Waals surface area contributed by atoms with E-state index in [2.05, 4.69) is 36.4 Å². The number of fused-ring (bicyclic) bond motifs is 1. The van der Waals surface area contributed by atoms with Crippen LogP contribution in [0.1, 0.15) is 62.5 Å². The minimum Gasteiger partial charge on any atom is -0.481 e. The fraction of sp³-hybridized carbons (Fsp3) is 0.481. The number of amides is 3. The summed E-state index contributed by atoms with van der Waals surface area (Å²) in [6, 6.07) is 8.69. The molecule has 1 atom stereocenters. The molecule has 0 radical (unpaired) electrons. The van der Waals surface area contributed by atoms with Gasteiger partial charge in [0, 0.05) is 30.4 Å². The second-order valence-corrected chi connectivity index (χ2v) is 10.7. The summed E-state index contributed by atoms with van der Waals surface area (Å²) in [4.78, 5) is 46.8. The summed E-state index contributed by atoms with van der Waals surface area (Å²) >= 11 is 0. The predicted octanol–water partition coefficient (Wildman–Crippen LogP) is 3.06. The summed E-state index contributed by atoms with van der Waals surface area (Å²) < 4.78 is 5.10. The maximum atomic E-state index is 13.2. The zero-order valence-electron chi connectivity index (χ0n) is 21.6. The Balaban J connectivity index is 1.55. The van der Waals surface area contributed by atoms with Gasteiger partial charge < -0.3 is 20.3 Å². The minimum atomic E-state index is -0.282. The molecule has 2 aromatic rings. The molecule has 4 rings (SSSR count). The van der Waals surface area contributed by atoms with Crippen molar-refractivity contribution >= 4 is 29.1 Å². The van der Waals surface area contributed by atoms with Crippen LogP contribution >= 0.6 is 0 Å². The number of anilines is 2. The first kappa shape index (κ1) is 25.6. The number of carbonyl (C=O) groups is 3. The number of hydrogen-bond acceptors (Lipinski definition) is 6. The molecule has 0 spiro atoms. The lowest BCUT2D eigenvalue weighted by Crippen LogP contribution is -2.51. The molecule has 9 nitrogen and oxygen atoms in total. The first-order chi connectivity index (χ1) is 17.1. The number of benzene rings is 1. The Kier molecular flexibility index (Phi) is 7.31. The highest BCUT2D eigenvalue weighted by Crippen LogP contribution is 2.41. The molecule has 3 amide bonds. The molecule has 9 heteroatoms. The van der Waals surface area contributed by atoms with Crippen molar-refractivity contribution < 1.29 is 19.1 Å². The molecule has 36 heavy (non-hydrogen) atoms. The monoisotopic (exact) mass is 493 g/mol. The molecular formula is C27H35N5O4. The number of ether oxygens (including phenoxy) is 1. The van der Waals surface area contributed by atoms with Crippen molar-refractivity contribution in [2.45, 2.75) is 52.6 Å². The summed E-state index contributed by atoms with van der Waals surface area (Å²) in [5.41, 5.74) is 2.57. The van der Waals surface area contributed by atoms with Crippen molar-refractivity contribution in [1.29, 1.82) is 0 Å². The van der Waals surface area contributed by atoms with E-state index in [0.717, 1.165) is 18.4 Å². The Hall–Kier alpha value is -3.46. The van der Waals surface area contributed by atoms with Gasteiger partial charge in [0.25, 0.3) is 5.91 Å². The number of carbonyl (C=O) groups excluding carboxylic acids is 3. The van der Waals surface area contributed by atoms with E-state index in [1.807, 2.05) is 13.0 Å². The maximum Gasteiger partial charge on any atom is 0.251 e. The van der Waals surface area contributed by atoms with Crippen LogP contribution in [0.4, 0.5) is 11.4 Å². The van der Waals surface area contributed by atoms with Crippen LogP contribution in [0, 0.1) is 5.41 Å². The van der Waals surface area contributed by atoms with E-state index in [0.29, 0.717) is 29.4 Å². The van der Waals surface area contributed by atoms with Crippen molar-refractivity contribution in [3.8, 4) is 5.88 Å². The fourth-order valence-electron chi connectivity index (χ4n) is 4.24. The Bertz CT molecular complexity index is 1140. The van der Waals surface area contributed by atoms with Crippen molar-refractivity contribution in [3.63, 3.8) is 0 Å². The van der Waals surface area contributed by atoms with Gasteiger partial charge in [-0.05, 0) is 48.9 Å². The maximum absolute atomic E-state index is 13.2. The second kappa shape index (κ2) is 10.3. The molecule has 1 saturated carbocycles. The first-order valence-electron chi connectivity index (χ1n) is 12.4. The van der Waals surface area contributed by atoms with Gasteiger partial charge in [-0.15, -0.1) is 0 Å². The van der Waals surface area contributed by atoms with E-state index in [4.69, 9.17) is 4.74 Å². The number of pyridine rings is 1. The number of methoxy groups -OCH3 is 1. The third-order valence-corrected chi connectivity index (χ3v) is 6.31. The summed E-state index contributed by atoms with van der Waals surface area (Å²) in [5, 5.41) is 6.18. The zero-order valence-corrected chi connectivity index (χ0v) is 21.6. The second-order valence-electron chi connectivity index (χ2n) is 10.7. The molecular weight excluding hydrogens is 458 g/mol. The van der Waals surface area contributed by atoms with Crippen LogP contribution in [0.5, 0.6) is 5.88 Å². The van der Waals surface area contributed by atoms with E-state index in [-0.39, 0.29) is 48.3 Å². The summed E-state index contributed by atoms with van der Waals surface area (Å²) in [7, 11) is 1.55. The third kappa shape index (κ3) is 5.84. The SMILES string of the molecule is COc1ccc(C(C)NC(=O)c2ccc3c(c2)N(C(=O)CNCC(C)(C)C)CC(=O)N3C2CC2)cn1. The summed E-state index contributed by atoms with van der Waals surface area (Å²) in [5.74, 6) is -0.0516. The quantitative estimate of drug-likeness (QED) is 0.586. The highest BCUT2D eigenvalue weighted by molar-refractivity contribution is 6.13. The molecule has 1 aliphatic carbocycles. The number of nitrogens with zero attached hydrogens (tertiary/aromatic N) is 3. The van der Waals surface area contributed by atoms with Gasteiger partial charge in [-0.2, -0.15) is 0 Å². The largest absolute Gasteiger partial charge is 0.481 e. The molecule has 1 fully saturated rings. The number of rotatable bonds is 8. The molecule has 192 valence electrons. The van der Waals surface area contributed by atoms with Crippen molar-refractivity contribution in [3.05, 3.63) is 47.7 Å². The lowest BCUT2D eigenvalue weighted by Gasteiger charge is -2.37. The van der Waals surface area contributed by atoms with Crippen LogP contribution in [0.15, 0.2) is 36.5 Å². The Morgan fingerprint density at radius 2 is 1.92 bits per heavy atom. The van der Waals surface area contributed by atoms with Gasteiger partial charge in [0.05, 0.1) is 31.1 Å². The third-order valence-electron chi connectivity index (χ3n) is 6.31. The highest BCUT2D eigenvalue weighted by Gasteiger charge is 2.40. The predicted molar refractivity (Wildman–Crippen MR) is 138 cm³/mol. The molecule has 1 aliphatic heterocycles. The molecule has 2 N–H and O–H groups in total. The fourth-order valence-corrected chi connectivity index (χ4v) is 4.24. The van der Waals surface area contributed by atoms with E-state index >= 15 is 0 Å². The van der Waals surface area contributed by atoms with Gasteiger partial charge in [0.2, 0.25) is 17.7 Å². The minimum absolute atomic E-state index is 0.0278. The Morgan fingerprint density at radius 3 is 2.53 bits per heavy atom. The van der Waals surface area contributed by atoms with Gasteiger partial charge in [0.1, 0.15) is 6.54 Å². The molecule has 0 saturated heterocycles. The van der Waals surface area contributed by atoms with E-state index in [1.165, 1.54) is 4.90 Å². The van der Waals surface area contributed by atoms with Crippen LogP contribution in [-0.2, 0) is 9.59 Å². The van der Waals surface area contributed by atoms with E-state index in [1.54, 1.807) is 42.5 Å². The van der Waals surface area contributed by atoms with E-state index in [9.17, 15) is 14.4 Å². The molecule has 2 heterocycles. The van der Waals surface area contributed by atoms with Gasteiger partial charge in [-0.3, -0.25) is 19.3 Å². The van der Waals surface area contributed by atoms with Crippen LogP contribution < -0.4 is 25.2 Å². The van der Waals surface area contributed by atoms with Gasteiger partial charge in [-0.1, -0.05) is 26.8 Å². The lowest BCUT2D eigenvalue weighted by atomic mass is 9.97. The standard InChI is InChI=1S/C27H35N5O4/c1-17(19-7-11-23(36-5)29-13-19)30-26(35)18-6-10-21-22(12-18)31(15-25(34)32(21)20-8-9-20)24(33)14-28-16-27(2,3)4/h6-7,10-13,17,20,28H,8-9,14-16H2,1-5H3,(H,30,35). The van der Waals surface area contributed by atoms with Gasteiger partial charge in [0.15, 0.2) is 0 Å². The Labute approximate surface area is 212 Å². The molecule has 0 bridgehead atoms. The van der Waals surface area contributed by atoms with Crippen LogP contribution in [0.2, 0.25) is 0 Å². The van der Waals surface area contributed by atoms with Gasteiger partial charge >= 0.3 is 0 Å². The number of hydrogen-bond donors (Lipinski definition) is 2. The average molecular weight is 494 g/mol. The lowest BCUT2D eigenvalue weighted by molar-refractivity contribution is -0.122. The normalized spacial score (nSPS) is 16.4. The van der Waals surface area contributed by atoms with Crippen molar-refractivity contribution in [2.24, 2.45) is 5.41 Å². The van der Waals surface area contributed by atoms with Crippen LogP contribution in [0.25, 0.3) is 0 Å². The number of aromatic nitrogens is 1. The summed E-state index contributed by atoms with van der Waals surface area (Å²) in [6.45, 7) is 8.90.